The first-order chi connectivity index (χ1) is 7.79. The lowest BCUT2D eigenvalue weighted by molar-refractivity contribution is -0.130. The number of aliphatic hydroxyl groups is 1. The number of hydrogen-bond donors (Lipinski definition) is 1. The first-order valence-electron chi connectivity index (χ1n) is 6.00. The van der Waals surface area contributed by atoms with Gasteiger partial charge in [-0.05, 0) is 32.6 Å². The highest BCUT2D eigenvalue weighted by atomic mass is 16.3. The molecule has 0 aromatic rings. The minimum absolute atomic E-state index is 0.0660. The molecule has 1 N–H and O–H groups in total. The average molecular weight is 223 g/mol. The van der Waals surface area contributed by atoms with E-state index in [2.05, 4.69) is 0 Å². The summed E-state index contributed by atoms with van der Waals surface area (Å²) in [5.41, 5.74) is 0. The smallest absolute Gasteiger partial charge is 0.246 e. The number of nitrogens with zero attached hydrogens (tertiary/aromatic N) is 1. The Hall–Kier alpha value is -1.09. The van der Waals surface area contributed by atoms with Crippen LogP contribution in [0.25, 0.3) is 0 Å². The van der Waals surface area contributed by atoms with Crippen LogP contribution in [0, 0.1) is 0 Å². The summed E-state index contributed by atoms with van der Waals surface area (Å²) in [6, 6.07) is 0.398. The molecular formula is C13H21NO2. The first-order valence-corrected chi connectivity index (χ1v) is 6.00. The van der Waals surface area contributed by atoms with Crippen LogP contribution in [-0.4, -0.2) is 35.1 Å². The van der Waals surface area contributed by atoms with Crippen molar-refractivity contribution in [3.8, 4) is 0 Å². The van der Waals surface area contributed by atoms with E-state index in [1.54, 1.807) is 12.2 Å². The van der Waals surface area contributed by atoms with E-state index in [0.29, 0.717) is 19.0 Å². The third-order valence-electron chi connectivity index (χ3n) is 2.90. The van der Waals surface area contributed by atoms with Crippen LogP contribution in [0.15, 0.2) is 24.3 Å². The first kappa shape index (κ1) is 13.0. The van der Waals surface area contributed by atoms with Gasteiger partial charge >= 0.3 is 0 Å². The van der Waals surface area contributed by atoms with Crippen molar-refractivity contribution in [1.82, 2.24) is 4.90 Å². The highest BCUT2D eigenvalue weighted by molar-refractivity contribution is 5.88. The number of aliphatic hydroxyl groups excluding tert-OH is 1. The topological polar surface area (TPSA) is 40.5 Å². The summed E-state index contributed by atoms with van der Waals surface area (Å²) < 4.78 is 0. The summed E-state index contributed by atoms with van der Waals surface area (Å²) in [7, 11) is 0. The predicted octanol–water partition coefficient (Wildman–Crippen LogP) is 1.88. The van der Waals surface area contributed by atoms with Crippen molar-refractivity contribution >= 4 is 5.91 Å². The molecule has 0 bridgehead atoms. The summed E-state index contributed by atoms with van der Waals surface area (Å²) >= 11 is 0. The number of rotatable bonds is 6. The number of carbonyl (C=O) groups is 1. The van der Waals surface area contributed by atoms with Gasteiger partial charge < -0.3 is 10.0 Å². The second-order valence-corrected chi connectivity index (χ2v) is 4.08. The molecule has 0 saturated heterocycles. The lowest BCUT2D eigenvalue weighted by Crippen LogP contribution is -2.44. The molecule has 1 fully saturated rings. The number of allylic oxidation sites excluding steroid dienone is 3. The van der Waals surface area contributed by atoms with Crippen LogP contribution in [-0.2, 0) is 4.79 Å². The van der Waals surface area contributed by atoms with Crippen molar-refractivity contribution in [3.05, 3.63) is 24.3 Å². The number of carbonyl (C=O) groups excluding carboxylic acids is 1. The third kappa shape index (κ3) is 3.81. The Morgan fingerprint density at radius 2 is 2.19 bits per heavy atom. The minimum atomic E-state index is 0.0660. The predicted molar refractivity (Wildman–Crippen MR) is 65.0 cm³/mol. The van der Waals surface area contributed by atoms with Crippen molar-refractivity contribution in [3.63, 3.8) is 0 Å². The maximum Gasteiger partial charge on any atom is 0.246 e. The van der Waals surface area contributed by atoms with E-state index in [0.717, 1.165) is 12.8 Å². The van der Waals surface area contributed by atoms with Gasteiger partial charge in [0.25, 0.3) is 0 Å². The highest BCUT2D eigenvalue weighted by Gasteiger charge is 2.26. The van der Waals surface area contributed by atoms with Gasteiger partial charge in [-0.1, -0.05) is 18.2 Å². The Morgan fingerprint density at radius 3 is 2.69 bits per heavy atom. The zero-order valence-corrected chi connectivity index (χ0v) is 9.93. The van der Waals surface area contributed by atoms with Gasteiger partial charge in [-0.15, -0.1) is 0 Å². The largest absolute Gasteiger partial charge is 0.396 e. The van der Waals surface area contributed by atoms with E-state index in [9.17, 15) is 4.79 Å². The Bertz CT molecular complexity index is 267. The molecule has 1 amide bonds. The zero-order chi connectivity index (χ0) is 11.8. The molecule has 0 spiro atoms. The van der Waals surface area contributed by atoms with Gasteiger partial charge in [-0.3, -0.25) is 4.79 Å². The molecule has 3 nitrogen and oxygen atoms in total. The fourth-order valence-electron chi connectivity index (χ4n) is 1.76. The summed E-state index contributed by atoms with van der Waals surface area (Å²) in [4.78, 5) is 13.8. The molecule has 0 radical (unpaired) electrons. The van der Waals surface area contributed by atoms with Crippen LogP contribution in [0.2, 0.25) is 0 Å². The van der Waals surface area contributed by atoms with Gasteiger partial charge in [-0.25, -0.2) is 0 Å². The van der Waals surface area contributed by atoms with Gasteiger partial charge in [0.05, 0.1) is 0 Å². The van der Waals surface area contributed by atoms with E-state index < -0.39 is 0 Å². The second-order valence-electron chi connectivity index (χ2n) is 4.08. The van der Waals surface area contributed by atoms with Crippen molar-refractivity contribution in [2.75, 3.05) is 13.2 Å². The van der Waals surface area contributed by atoms with Gasteiger partial charge in [0.15, 0.2) is 0 Å². The monoisotopic (exact) mass is 223 g/mol. The van der Waals surface area contributed by atoms with E-state index in [1.807, 2.05) is 24.0 Å². The molecule has 1 aliphatic carbocycles. The van der Waals surface area contributed by atoms with Crippen LogP contribution in [0.3, 0.4) is 0 Å². The summed E-state index contributed by atoms with van der Waals surface area (Å²) in [6.45, 7) is 2.74. The molecule has 0 aromatic heterocycles. The normalized spacial score (nSPS) is 16.9. The molecule has 1 aliphatic rings. The molecule has 16 heavy (non-hydrogen) atoms. The van der Waals surface area contributed by atoms with Crippen LogP contribution < -0.4 is 0 Å². The van der Waals surface area contributed by atoms with Crippen LogP contribution >= 0.6 is 0 Å². The maximum absolute atomic E-state index is 11.9. The number of hydrogen-bond acceptors (Lipinski definition) is 2. The SMILES string of the molecule is CC=CC=CC(=O)N(CCCO)C1CCC1. The standard InChI is InChI=1S/C13H21NO2/c1-2-3-4-9-13(16)14(10-6-11-15)12-7-5-8-12/h2-4,9,12,15H,5-8,10-11H2,1H3. The van der Waals surface area contributed by atoms with Gasteiger partial charge in [0.2, 0.25) is 5.91 Å². The minimum Gasteiger partial charge on any atom is -0.396 e. The molecule has 1 saturated carbocycles. The Kier molecular flexibility index (Phi) is 5.86. The fourth-order valence-corrected chi connectivity index (χ4v) is 1.76. The second kappa shape index (κ2) is 7.23. The summed E-state index contributed by atoms with van der Waals surface area (Å²) in [5.74, 6) is 0.0660. The van der Waals surface area contributed by atoms with E-state index >= 15 is 0 Å². The molecule has 3 heteroatoms. The van der Waals surface area contributed by atoms with Crippen molar-refractivity contribution in [2.45, 2.75) is 38.6 Å². The van der Waals surface area contributed by atoms with Gasteiger partial charge in [-0.2, -0.15) is 0 Å². The molecule has 0 aromatic carbocycles. The molecule has 0 unspecified atom stereocenters. The lowest BCUT2D eigenvalue weighted by atomic mass is 9.91. The molecule has 0 atom stereocenters. The van der Waals surface area contributed by atoms with E-state index in [4.69, 9.17) is 5.11 Å². The maximum atomic E-state index is 11.9. The lowest BCUT2D eigenvalue weighted by Gasteiger charge is -2.37. The zero-order valence-electron chi connectivity index (χ0n) is 9.93. The van der Waals surface area contributed by atoms with Gasteiger partial charge in [0.1, 0.15) is 0 Å². The van der Waals surface area contributed by atoms with Crippen molar-refractivity contribution in [1.29, 1.82) is 0 Å². The third-order valence-corrected chi connectivity index (χ3v) is 2.90. The Morgan fingerprint density at radius 1 is 1.44 bits per heavy atom. The molecular weight excluding hydrogens is 202 g/mol. The molecule has 0 aliphatic heterocycles. The van der Waals surface area contributed by atoms with Crippen LogP contribution in [0.4, 0.5) is 0 Å². The summed E-state index contributed by atoms with van der Waals surface area (Å²) in [6.07, 6.45) is 11.2. The van der Waals surface area contributed by atoms with Crippen molar-refractivity contribution in [2.24, 2.45) is 0 Å². The van der Waals surface area contributed by atoms with E-state index in [1.165, 1.54) is 6.42 Å². The Labute approximate surface area is 97.4 Å². The molecule has 1 rings (SSSR count). The summed E-state index contributed by atoms with van der Waals surface area (Å²) in [5, 5.41) is 8.82. The molecule has 0 heterocycles. The Balaban J connectivity index is 2.49. The highest BCUT2D eigenvalue weighted by Crippen LogP contribution is 2.25. The number of amides is 1. The van der Waals surface area contributed by atoms with Crippen molar-refractivity contribution < 1.29 is 9.90 Å². The average Bonchev–Trinajstić information content (AvgIpc) is 2.21. The van der Waals surface area contributed by atoms with Crippen LogP contribution in [0.5, 0.6) is 0 Å². The van der Waals surface area contributed by atoms with E-state index in [-0.39, 0.29) is 12.5 Å². The van der Waals surface area contributed by atoms with Gasteiger partial charge in [0, 0.05) is 25.3 Å². The fraction of sp³-hybridized carbons (Fsp3) is 0.615. The quantitative estimate of drug-likeness (QED) is 0.552. The van der Waals surface area contributed by atoms with Crippen LogP contribution in [0.1, 0.15) is 32.6 Å². The molecule has 90 valence electrons.